The Hall–Kier alpha value is -2.20. The SMILES string of the molecule is CCOc1ccc([C@H]2NCCc3cc(OCC)c(OCC)cc32)cc1. The molecule has 0 aromatic heterocycles. The smallest absolute Gasteiger partial charge is 0.161 e. The molecule has 25 heavy (non-hydrogen) atoms. The number of nitrogens with one attached hydrogen (secondary N) is 1. The van der Waals surface area contributed by atoms with E-state index < -0.39 is 0 Å². The molecular weight excluding hydrogens is 314 g/mol. The summed E-state index contributed by atoms with van der Waals surface area (Å²) in [6.07, 6.45) is 0.995. The first-order chi connectivity index (χ1) is 12.3. The van der Waals surface area contributed by atoms with E-state index in [1.165, 1.54) is 16.7 Å². The third kappa shape index (κ3) is 3.90. The Labute approximate surface area is 150 Å². The predicted octanol–water partition coefficient (Wildman–Crippen LogP) is 4.12. The van der Waals surface area contributed by atoms with Crippen LogP contribution < -0.4 is 19.5 Å². The number of benzene rings is 2. The second kappa shape index (κ2) is 8.26. The van der Waals surface area contributed by atoms with E-state index >= 15 is 0 Å². The molecule has 0 aliphatic carbocycles. The monoisotopic (exact) mass is 341 g/mol. The number of ether oxygens (including phenoxy) is 3. The van der Waals surface area contributed by atoms with Gasteiger partial charge in [-0.25, -0.2) is 0 Å². The highest BCUT2D eigenvalue weighted by molar-refractivity contribution is 5.52. The molecule has 4 heteroatoms. The highest BCUT2D eigenvalue weighted by atomic mass is 16.5. The number of fused-ring (bicyclic) bond motifs is 1. The van der Waals surface area contributed by atoms with Gasteiger partial charge >= 0.3 is 0 Å². The van der Waals surface area contributed by atoms with Gasteiger partial charge in [0.25, 0.3) is 0 Å². The first-order valence-corrected chi connectivity index (χ1v) is 9.15. The molecule has 0 fully saturated rings. The molecule has 1 aliphatic rings. The van der Waals surface area contributed by atoms with Crippen molar-refractivity contribution in [3.05, 3.63) is 53.1 Å². The summed E-state index contributed by atoms with van der Waals surface area (Å²) in [4.78, 5) is 0. The lowest BCUT2D eigenvalue weighted by atomic mass is 9.89. The molecule has 1 N–H and O–H groups in total. The van der Waals surface area contributed by atoms with Crippen LogP contribution in [0.5, 0.6) is 17.2 Å². The summed E-state index contributed by atoms with van der Waals surface area (Å²) >= 11 is 0. The summed E-state index contributed by atoms with van der Waals surface area (Å²) in [6, 6.07) is 12.8. The Morgan fingerprint density at radius 3 is 2.16 bits per heavy atom. The fourth-order valence-corrected chi connectivity index (χ4v) is 3.32. The van der Waals surface area contributed by atoms with Gasteiger partial charge in [-0.1, -0.05) is 12.1 Å². The summed E-state index contributed by atoms with van der Waals surface area (Å²) in [5, 5.41) is 3.63. The van der Waals surface area contributed by atoms with Crippen LogP contribution in [0.25, 0.3) is 0 Å². The molecular formula is C21H27NO3. The van der Waals surface area contributed by atoms with Gasteiger partial charge in [-0.3, -0.25) is 0 Å². The van der Waals surface area contributed by atoms with Crippen LogP contribution >= 0.6 is 0 Å². The Morgan fingerprint density at radius 2 is 1.52 bits per heavy atom. The van der Waals surface area contributed by atoms with Crippen LogP contribution in [0.4, 0.5) is 0 Å². The van der Waals surface area contributed by atoms with E-state index in [-0.39, 0.29) is 6.04 Å². The highest BCUT2D eigenvalue weighted by Gasteiger charge is 2.24. The lowest BCUT2D eigenvalue weighted by molar-refractivity contribution is 0.286. The Bertz CT molecular complexity index is 697. The van der Waals surface area contributed by atoms with Crippen LogP contribution in [0.2, 0.25) is 0 Å². The molecule has 0 saturated carbocycles. The molecule has 3 rings (SSSR count). The van der Waals surface area contributed by atoms with Crippen molar-refractivity contribution >= 4 is 0 Å². The minimum Gasteiger partial charge on any atom is -0.494 e. The van der Waals surface area contributed by atoms with Gasteiger partial charge in [-0.15, -0.1) is 0 Å². The summed E-state index contributed by atoms with van der Waals surface area (Å²) in [5.41, 5.74) is 3.82. The summed E-state index contributed by atoms with van der Waals surface area (Å²) in [6.45, 7) is 8.89. The molecule has 4 nitrogen and oxygen atoms in total. The number of hydrogen-bond donors (Lipinski definition) is 1. The van der Waals surface area contributed by atoms with E-state index in [1.807, 2.05) is 32.9 Å². The Morgan fingerprint density at radius 1 is 0.880 bits per heavy atom. The van der Waals surface area contributed by atoms with Crippen LogP contribution in [-0.2, 0) is 6.42 Å². The predicted molar refractivity (Wildman–Crippen MR) is 99.9 cm³/mol. The first kappa shape index (κ1) is 17.6. The minimum atomic E-state index is 0.161. The largest absolute Gasteiger partial charge is 0.494 e. The van der Waals surface area contributed by atoms with Crippen LogP contribution in [0.3, 0.4) is 0 Å². The molecule has 0 spiro atoms. The second-order valence-corrected chi connectivity index (χ2v) is 6.00. The Balaban J connectivity index is 1.95. The topological polar surface area (TPSA) is 39.7 Å². The molecule has 0 amide bonds. The van der Waals surface area contributed by atoms with Gasteiger partial charge in [-0.05, 0) is 68.1 Å². The molecule has 0 bridgehead atoms. The van der Waals surface area contributed by atoms with Crippen LogP contribution in [-0.4, -0.2) is 26.4 Å². The number of rotatable bonds is 7. The fourth-order valence-electron chi connectivity index (χ4n) is 3.32. The molecule has 2 aromatic rings. The Kier molecular flexibility index (Phi) is 5.82. The van der Waals surface area contributed by atoms with Crippen molar-refractivity contribution in [3.8, 4) is 17.2 Å². The van der Waals surface area contributed by atoms with Gasteiger partial charge in [-0.2, -0.15) is 0 Å². The van der Waals surface area contributed by atoms with Crippen molar-refractivity contribution in [3.63, 3.8) is 0 Å². The fraction of sp³-hybridized carbons (Fsp3) is 0.429. The molecule has 1 atom stereocenters. The maximum Gasteiger partial charge on any atom is 0.161 e. The lowest BCUT2D eigenvalue weighted by Gasteiger charge is -2.29. The zero-order valence-electron chi connectivity index (χ0n) is 15.3. The standard InChI is InChI=1S/C21H27NO3/c1-4-23-17-9-7-15(8-10-17)21-18-14-20(25-6-3)19(24-5-2)13-16(18)11-12-22-21/h7-10,13-14,21-22H,4-6,11-12H2,1-3H3/t21-/m1/s1. The summed E-state index contributed by atoms with van der Waals surface area (Å²) in [7, 11) is 0. The van der Waals surface area contributed by atoms with E-state index in [2.05, 4.69) is 29.6 Å². The van der Waals surface area contributed by atoms with Gasteiger partial charge in [0, 0.05) is 6.54 Å². The van der Waals surface area contributed by atoms with Gasteiger partial charge in [0.15, 0.2) is 11.5 Å². The summed E-state index contributed by atoms with van der Waals surface area (Å²) < 4.78 is 17.1. The van der Waals surface area contributed by atoms with Crippen LogP contribution in [0.1, 0.15) is 43.5 Å². The second-order valence-electron chi connectivity index (χ2n) is 6.00. The molecule has 1 aliphatic heterocycles. The van der Waals surface area contributed by atoms with E-state index in [1.54, 1.807) is 0 Å². The third-order valence-corrected chi connectivity index (χ3v) is 4.38. The lowest BCUT2D eigenvalue weighted by Crippen LogP contribution is -2.30. The van der Waals surface area contributed by atoms with Crippen molar-refractivity contribution in [2.75, 3.05) is 26.4 Å². The molecule has 2 aromatic carbocycles. The van der Waals surface area contributed by atoms with Crippen LogP contribution in [0, 0.1) is 0 Å². The first-order valence-electron chi connectivity index (χ1n) is 9.15. The van der Waals surface area contributed by atoms with Crippen molar-refractivity contribution < 1.29 is 14.2 Å². The maximum absolute atomic E-state index is 5.82. The molecule has 1 heterocycles. The zero-order chi connectivity index (χ0) is 17.6. The highest BCUT2D eigenvalue weighted by Crippen LogP contribution is 2.38. The van der Waals surface area contributed by atoms with E-state index in [4.69, 9.17) is 14.2 Å². The van der Waals surface area contributed by atoms with Gasteiger partial charge in [0.1, 0.15) is 5.75 Å². The zero-order valence-corrected chi connectivity index (χ0v) is 15.3. The number of hydrogen-bond acceptors (Lipinski definition) is 4. The van der Waals surface area contributed by atoms with Crippen molar-refractivity contribution in [1.29, 1.82) is 0 Å². The minimum absolute atomic E-state index is 0.161. The quantitative estimate of drug-likeness (QED) is 0.822. The summed E-state index contributed by atoms with van der Waals surface area (Å²) in [5.74, 6) is 2.57. The average molecular weight is 341 g/mol. The molecule has 134 valence electrons. The normalized spacial score (nSPS) is 16.2. The van der Waals surface area contributed by atoms with Crippen molar-refractivity contribution in [1.82, 2.24) is 5.32 Å². The maximum atomic E-state index is 5.82. The van der Waals surface area contributed by atoms with Crippen molar-refractivity contribution in [2.24, 2.45) is 0 Å². The average Bonchev–Trinajstić information content (AvgIpc) is 2.63. The molecule has 0 saturated heterocycles. The van der Waals surface area contributed by atoms with Gasteiger partial charge in [0.2, 0.25) is 0 Å². The van der Waals surface area contributed by atoms with E-state index in [0.29, 0.717) is 19.8 Å². The van der Waals surface area contributed by atoms with E-state index in [9.17, 15) is 0 Å². The van der Waals surface area contributed by atoms with Gasteiger partial charge in [0.05, 0.1) is 25.9 Å². The molecule has 0 radical (unpaired) electrons. The van der Waals surface area contributed by atoms with E-state index in [0.717, 1.165) is 30.2 Å². The van der Waals surface area contributed by atoms with Crippen molar-refractivity contribution in [2.45, 2.75) is 33.2 Å². The third-order valence-electron chi connectivity index (χ3n) is 4.38. The van der Waals surface area contributed by atoms with Gasteiger partial charge < -0.3 is 19.5 Å². The molecule has 0 unspecified atom stereocenters. The van der Waals surface area contributed by atoms with Crippen LogP contribution in [0.15, 0.2) is 36.4 Å².